The van der Waals surface area contributed by atoms with Crippen molar-refractivity contribution in [2.75, 3.05) is 0 Å². The molecule has 0 radical (unpaired) electrons. The molecule has 2 rings (SSSR count). The molecule has 1 aromatic heterocycles. The SMILES string of the molecule is CC(C)C(Br)CCc1cccc2cnccc12. The highest BCUT2D eigenvalue weighted by Crippen LogP contribution is 2.23. The first kappa shape index (κ1) is 12.6. The minimum Gasteiger partial charge on any atom is -0.264 e. The topological polar surface area (TPSA) is 12.9 Å². The fourth-order valence-electron chi connectivity index (χ4n) is 2.03. The Labute approximate surface area is 111 Å². The molecule has 0 fully saturated rings. The van der Waals surface area contributed by atoms with Gasteiger partial charge in [-0.3, -0.25) is 4.98 Å². The van der Waals surface area contributed by atoms with Gasteiger partial charge in [-0.25, -0.2) is 0 Å². The van der Waals surface area contributed by atoms with E-state index in [0.29, 0.717) is 10.7 Å². The van der Waals surface area contributed by atoms with E-state index in [2.05, 4.69) is 59.0 Å². The van der Waals surface area contributed by atoms with E-state index in [9.17, 15) is 0 Å². The van der Waals surface area contributed by atoms with E-state index in [4.69, 9.17) is 0 Å². The predicted molar refractivity (Wildman–Crippen MR) is 77.6 cm³/mol. The van der Waals surface area contributed by atoms with Gasteiger partial charge in [0.1, 0.15) is 0 Å². The molecule has 1 heterocycles. The van der Waals surface area contributed by atoms with Crippen molar-refractivity contribution in [2.45, 2.75) is 31.5 Å². The third kappa shape index (κ3) is 3.06. The van der Waals surface area contributed by atoms with Crippen molar-refractivity contribution in [2.24, 2.45) is 5.92 Å². The molecule has 0 amide bonds. The van der Waals surface area contributed by atoms with Crippen LogP contribution in [0.4, 0.5) is 0 Å². The number of pyridine rings is 1. The molecule has 0 N–H and O–H groups in total. The van der Waals surface area contributed by atoms with Crippen molar-refractivity contribution in [3.05, 3.63) is 42.2 Å². The lowest BCUT2D eigenvalue weighted by Crippen LogP contribution is -2.08. The summed E-state index contributed by atoms with van der Waals surface area (Å²) >= 11 is 3.75. The molecule has 0 saturated heterocycles. The van der Waals surface area contributed by atoms with Gasteiger partial charge in [0, 0.05) is 22.6 Å². The minimum atomic E-state index is 0.597. The fourth-order valence-corrected chi connectivity index (χ4v) is 2.26. The minimum absolute atomic E-state index is 0.597. The van der Waals surface area contributed by atoms with E-state index in [1.807, 2.05) is 12.4 Å². The zero-order valence-corrected chi connectivity index (χ0v) is 11.9. The Morgan fingerprint density at radius 2 is 2.06 bits per heavy atom. The first-order valence-corrected chi connectivity index (χ1v) is 7.05. The monoisotopic (exact) mass is 291 g/mol. The number of hydrogen-bond donors (Lipinski definition) is 0. The maximum Gasteiger partial charge on any atom is 0.0346 e. The van der Waals surface area contributed by atoms with Crippen molar-refractivity contribution in [3.8, 4) is 0 Å². The molecule has 90 valence electrons. The molecule has 17 heavy (non-hydrogen) atoms. The number of aryl methyl sites for hydroxylation is 1. The average molecular weight is 292 g/mol. The molecule has 2 heteroatoms. The summed E-state index contributed by atoms with van der Waals surface area (Å²) in [5.74, 6) is 0.687. The molecule has 2 aromatic rings. The molecule has 1 atom stereocenters. The van der Waals surface area contributed by atoms with Crippen molar-refractivity contribution in [1.82, 2.24) is 4.98 Å². The molecular formula is C15H18BrN. The quantitative estimate of drug-likeness (QED) is 0.751. The van der Waals surface area contributed by atoms with Crippen molar-refractivity contribution in [3.63, 3.8) is 0 Å². The van der Waals surface area contributed by atoms with Crippen LogP contribution in [-0.2, 0) is 6.42 Å². The van der Waals surface area contributed by atoms with E-state index in [1.54, 1.807) is 0 Å². The van der Waals surface area contributed by atoms with Gasteiger partial charge in [-0.2, -0.15) is 0 Å². The standard InChI is InChI=1S/C15H18BrN/c1-11(2)15(16)7-6-12-4-3-5-13-10-17-9-8-14(12)13/h3-5,8-11,15H,6-7H2,1-2H3. The summed E-state index contributed by atoms with van der Waals surface area (Å²) < 4.78 is 0. The predicted octanol–water partition coefficient (Wildman–Crippen LogP) is 4.59. The van der Waals surface area contributed by atoms with Gasteiger partial charge < -0.3 is 0 Å². The number of hydrogen-bond acceptors (Lipinski definition) is 1. The van der Waals surface area contributed by atoms with Crippen LogP contribution < -0.4 is 0 Å². The summed E-state index contributed by atoms with van der Waals surface area (Å²) in [6.07, 6.45) is 6.11. The second-order valence-corrected chi connectivity index (χ2v) is 5.99. The molecule has 0 spiro atoms. The van der Waals surface area contributed by atoms with Gasteiger partial charge in [-0.15, -0.1) is 0 Å². The summed E-state index contributed by atoms with van der Waals surface area (Å²) in [7, 11) is 0. The maximum absolute atomic E-state index is 4.17. The third-order valence-corrected chi connectivity index (χ3v) is 4.70. The molecule has 0 bridgehead atoms. The Kier molecular flexibility index (Phi) is 4.16. The summed E-state index contributed by atoms with van der Waals surface area (Å²) in [5, 5.41) is 2.58. The van der Waals surface area contributed by atoms with Crippen LogP contribution in [0.15, 0.2) is 36.7 Å². The first-order valence-electron chi connectivity index (χ1n) is 6.14. The number of nitrogens with zero attached hydrogens (tertiary/aromatic N) is 1. The van der Waals surface area contributed by atoms with E-state index in [1.165, 1.54) is 22.8 Å². The van der Waals surface area contributed by atoms with Crippen LogP contribution >= 0.6 is 15.9 Å². The Balaban J connectivity index is 2.19. The highest BCUT2D eigenvalue weighted by atomic mass is 79.9. The molecular weight excluding hydrogens is 274 g/mol. The molecule has 0 saturated carbocycles. The smallest absolute Gasteiger partial charge is 0.0346 e. The molecule has 1 nitrogen and oxygen atoms in total. The van der Waals surface area contributed by atoms with E-state index >= 15 is 0 Å². The average Bonchev–Trinajstić information content (AvgIpc) is 2.35. The zero-order chi connectivity index (χ0) is 12.3. The normalized spacial score (nSPS) is 13.2. The van der Waals surface area contributed by atoms with Gasteiger partial charge in [0.25, 0.3) is 0 Å². The Bertz CT molecular complexity index is 488. The second-order valence-electron chi connectivity index (χ2n) is 4.81. The van der Waals surface area contributed by atoms with Crippen LogP contribution in [0.25, 0.3) is 10.8 Å². The van der Waals surface area contributed by atoms with Crippen LogP contribution in [0.1, 0.15) is 25.8 Å². The van der Waals surface area contributed by atoms with Crippen LogP contribution in [-0.4, -0.2) is 9.81 Å². The number of alkyl halides is 1. The van der Waals surface area contributed by atoms with Gasteiger partial charge in [-0.05, 0) is 35.8 Å². The first-order chi connectivity index (χ1) is 8.18. The molecule has 0 aliphatic heterocycles. The zero-order valence-electron chi connectivity index (χ0n) is 10.4. The van der Waals surface area contributed by atoms with Crippen LogP contribution in [0.5, 0.6) is 0 Å². The van der Waals surface area contributed by atoms with Gasteiger partial charge in [0.2, 0.25) is 0 Å². The maximum atomic E-state index is 4.17. The Hall–Kier alpha value is -0.890. The van der Waals surface area contributed by atoms with Gasteiger partial charge >= 0.3 is 0 Å². The molecule has 1 aromatic carbocycles. The number of halogens is 1. The number of benzene rings is 1. The van der Waals surface area contributed by atoms with Crippen LogP contribution in [0.2, 0.25) is 0 Å². The third-order valence-electron chi connectivity index (χ3n) is 3.18. The van der Waals surface area contributed by atoms with E-state index < -0.39 is 0 Å². The number of fused-ring (bicyclic) bond motifs is 1. The fraction of sp³-hybridized carbons (Fsp3) is 0.400. The van der Waals surface area contributed by atoms with Crippen molar-refractivity contribution in [1.29, 1.82) is 0 Å². The number of aromatic nitrogens is 1. The Morgan fingerprint density at radius 3 is 2.82 bits per heavy atom. The van der Waals surface area contributed by atoms with E-state index in [0.717, 1.165) is 6.42 Å². The van der Waals surface area contributed by atoms with Crippen molar-refractivity contribution >= 4 is 26.7 Å². The van der Waals surface area contributed by atoms with Crippen LogP contribution in [0.3, 0.4) is 0 Å². The number of rotatable bonds is 4. The van der Waals surface area contributed by atoms with Gasteiger partial charge in [-0.1, -0.05) is 48.0 Å². The highest BCUT2D eigenvalue weighted by Gasteiger charge is 2.09. The van der Waals surface area contributed by atoms with Crippen molar-refractivity contribution < 1.29 is 0 Å². The summed E-state index contributed by atoms with van der Waals surface area (Å²) in [6.45, 7) is 4.51. The molecule has 0 aliphatic rings. The van der Waals surface area contributed by atoms with Gasteiger partial charge in [0.15, 0.2) is 0 Å². The lowest BCUT2D eigenvalue weighted by molar-refractivity contribution is 0.582. The molecule has 1 unspecified atom stereocenters. The summed E-state index contributed by atoms with van der Waals surface area (Å²) in [4.78, 5) is 4.77. The molecule has 0 aliphatic carbocycles. The van der Waals surface area contributed by atoms with Gasteiger partial charge in [0.05, 0.1) is 0 Å². The lowest BCUT2D eigenvalue weighted by Gasteiger charge is -2.14. The summed E-state index contributed by atoms with van der Waals surface area (Å²) in [5.41, 5.74) is 1.43. The second kappa shape index (κ2) is 5.63. The Morgan fingerprint density at radius 1 is 1.24 bits per heavy atom. The lowest BCUT2D eigenvalue weighted by atomic mass is 9.99. The summed E-state index contributed by atoms with van der Waals surface area (Å²) in [6, 6.07) is 8.59. The van der Waals surface area contributed by atoms with Crippen LogP contribution in [0, 0.1) is 5.92 Å². The highest BCUT2D eigenvalue weighted by molar-refractivity contribution is 9.09. The largest absolute Gasteiger partial charge is 0.264 e. The van der Waals surface area contributed by atoms with E-state index in [-0.39, 0.29) is 0 Å².